The van der Waals surface area contributed by atoms with Crippen molar-refractivity contribution in [3.63, 3.8) is 0 Å². The lowest BCUT2D eigenvalue weighted by Crippen LogP contribution is -2.19. The van der Waals surface area contributed by atoms with Crippen molar-refractivity contribution in [3.05, 3.63) is 40.5 Å². The van der Waals surface area contributed by atoms with Gasteiger partial charge in [0.05, 0.1) is 18.1 Å². The number of fused-ring (bicyclic) bond motifs is 1. The van der Waals surface area contributed by atoms with Gasteiger partial charge in [0.15, 0.2) is 22.1 Å². The Balaban J connectivity index is 1.51. The lowest BCUT2D eigenvalue weighted by molar-refractivity contribution is -0.116. The fourth-order valence-electron chi connectivity index (χ4n) is 2.64. The van der Waals surface area contributed by atoms with E-state index in [-0.39, 0.29) is 12.5 Å². The van der Waals surface area contributed by atoms with Crippen molar-refractivity contribution in [3.8, 4) is 22.2 Å². The first-order chi connectivity index (χ1) is 12.7. The van der Waals surface area contributed by atoms with Crippen LogP contribution in [0, 0.1) is 4.77 Å². The number of anilines is 1. The number of amides is 1. The second-order valence-corrected chi connectivity index (χ2v) is 7.01. The van der Waals surface area contributed by atoms with Crippen molar-refractivity contribution in [2.24, 2.45) is 0 Å². The highest BCUT2D eigenvalue weighted by Gasteiger charge is 2.15. The molecule has 3 heterocycles. The number of hydrogen-bond donors (Lipinski definition) is 2. The molecule has 7 nitrogen and oxygen atoms in total. The molecule has 0 radical (unpaired) electrons. The predicted octanol–water partition coefficient (Wildman–Crippen LogP) is 3.47. The van der Waals surface area contributed by atoms with Gasteiger partial charge in [-0.3, -0.25) is 14.5 Å². The monoisotopic (exact) mass is 388 g/mol. The molecule has 0 unspecified atom stereocenters. The van der Waals surface area contributed by atoms with E-state index in [1.165, 1.54) is 0 Å². The van der Waals surface area contributed by atoms with E-state index in [1.54, 1.807) is 34.1 Å². The van der Waals surface area contributed by atoms with E-state index in [2.05, 4.69) is 15.5 Å². The molecule has 2 N–H and O–H groups in total. The molecule has 134 valence electrons. The molecule has 2 aromatic heterocycles. The molecule has 4 rings (SSSR count). The second-order valence-electron chi connectivity index (χ2n) is 5.68. The molecule has 1 aliphatic rings. The zero-order valence-electron chi connectivity index (χ0n) is 13.7. The normalized spacial score (nSPS) is 13.2. The predicted molar refractivity (Wildman–Crippen MR) is 101 cm³/mol. The minimum atomic E-state index is -0.199. The van der Waals surface area contributed by atoms with Crippen LogP contribution in [0.15, 0.2) is 35.7 Å². The van der Waals surface area contributed by atoms with Gasteiger partial charge in [0, 0.05) is 18.2 Å². The highest BCUT2D eigenvalue weighted by Crippen LogP contribution is 2.32. The highest BCUT2D eigenvalue weighted by atomic mass is 32.1. The van der Waals surface area contributed by atoms with Crippen LogP contribution in [0.2, 0.25) is 0 Å². The Morgan fingerprint density at radius 2 is 2.15 bits per heavy atom. The van der Waals surface area contributed by atoms with E-state index in [4.69, 9.17) is 21.7 Å². The summed E-state index contributed by atoms with van der Waals surface area (Å²) in [6, 6.07) is 9.23. The van der Waals surface area contributed by atoms with Crippen molar-refractivity contribution < 1.29 is 14.3 Å². The van der Waals surface area contributed by atoms with Crippen molar-refractivity contribution in [2.75, 3.05) is 18.5 Å². The molecular formula is C17H16N4O3S2. The third kappa shape index (κ3) is 3.49. The van der Waals surface area contributed by atoms with Crippen molar-refractivity contribution in [1.29, 1.82) is 0 Å². The van der Waals surface area contributed by atoms with E-state index in [1.807, 2.05) is 17.5 Å². The molecule has 1 amide bonds. The maximum Gasteiger partial charge on any atom is 0.244 e. The molecule has 0 fully saturated rings. The molecule has 3 aromatic rings. The largest absolute Gasteiger partial charge is 0.490 e. The van der Waals surface area contributed by atoms with E-state index in [9.17, 15) is 4.79 Å². The number of aromatic nitrogens is 3. The zero-order chi connectivity index (χ0) is 17.9. The fourth-order valence-corrected chi connectivity index (χ4v) is 3.56. The Bertz CT molecular complexity index is 978. The number of hydrogen-bond acceptors (Lipinski definition) is 6. The van der Waals surface area contributed by atoms with Crippen LogP contribution in [0.1, 0.15) is 6.42 Å². The minimum Gasteiger partial charge on any atom is -0.490 e. The number of rotatable bonds is 4. The lowest BCUT2D eigenvalue weighted by atomic mass is 10.2. The van der Waals surface area contributed by atoms with Crippen molar-refractivity contribution >= 4 is 35.1 Å². The first kappa shape index (κ1) is 16.8. The Morgan fingerprint density at radius 1 is 1.31 bits per heavy atom. The number of carbonyl (C=O) groups is 1. The van der Waals surface area contributed by atoms with Gasteiger partial charge in [0.25, 0.3) is 0 Å². The first-order valence-electron chi connectivity index (χ1n) is 8.09. The average Bonchev–Trinajstić information content (AvgIpc) is 3.20. The smallest absolute Gasteiger partial charge is 0.244 e. The second kappa shape index (κ2) is 7.30. The molecule has 0 aliphatic carbocycles. The quantitative estimate of drug-likeness (QED) is 0.669. The van der Waals surface area contributed by atoms with Crippen LogP contribution in [0.25, 0.3) is 10.7 Å². The van der Waals surface area contributed by atoms with Crippen LogP contribution in [-0.4, -0.2) is 33.9 Å². The third-order valence-electron chi connectivity index (χ3n) is 3.83. The van der Waals surface area contributed by atoms with Gasteiger partial charge in [-0.2, -0.15) is 5.10 Å². The number of carbonyl (C=O) groups excluding carboxylic acids is 1. The number of nitrogens with one attached hydrogen (secondary N) is 2. The number of aromatic amines is 1. The van der Waals surface area contributed by atoms with Crippen LogP contribution in [0.3, 0.4) is 0 Å². The van der Waals surface area contributed by atoms with Gasteiger partial charge in [0.2, 0.25) is 5.91 Å². The number of benzene rings is 1. The van der Waals surface area contributed by atoms with Gasteiger partial charge in [-0.25, -0.2) is 0 Å². The van der Waals surface area contributed by atoms with Gasteiger partial charge < -0.3 is 14.8 Å². The molecule has 0 bridgehead atoms. The summed E-state index contributed by atoms with van der Waals surface area (Å²) in [4.78, 5) is 13.4. The summed E-state index contributed by atoms with van der Waals surface area (Å²) < 4.78 is 13.3. The van der Waals surface area contributed by atoms with E-state index >= 15 is 0 Å². The Kier molecular flexibility index (Phi) is 4.72. The minimum absolute atomic E-state index is 0.0665. The summed E-state index contributed by atoms with van der Waals surface area (Å²) in [6.07, 6.45) is 0.834. The molecule has 0 saturated heterocycles. The number of thiophene rings is 1. The molecule has 0 saturated carbocycles. The summed E-state index contributed by atoms with van der Waals surface area (Å²) in [6.45, 7) is 1.29. The summed E-state index contributed by atoms with van der Waals surface area (Å²) >= 11 is 6.80. The third-order valence-corrected chi connectivity index (χ3v) is 5.01. The van der Waals surface area contributed by atoms with Crippen LogP contribution < -0.4 is 14.8 Å². The number of H-pyrrole nitrogens is 1. The summed E-state index contributed by atoms with van der Waals surface area (Å²) in [5.74, 6) is 1.78. The standard InChI is InChI=1S/C17H16N4O3S2/c22-15(10-21-16(19-20-17(21)25)14-3-1-8-26-14)18-11-4-5-12-13(9-11)24-7-2-6-23-12/h1,3-5,8-9H,2,6-7,10H2,(H,18,22)(H,20,25). The highest BCUT2D eigenvalue weighted by molar-refractivity contribution is 7.71. The first-order valence-corrected chi connectivity index (χ1v) is 9.38. The molecule has 26 heavy (non-hydrogen) atoms. The average molecular weight is 388 g/mol. The topological polar surface area (TPSA) is 81.2 Å². The Labute approximate surface area is 158 Å². The Hall–Kier alpha value is -2.65. The number of nitrogens with zero attached hydrogens (tertiary/aromatic N) is 2. The van der Waals surface area contributed by atoms with Gasteiger partial charge in [-0.1, -0.05) is 6.07 Å². The van der Waals surface area contributed by atoms with E-state index < -0.39 is 0 Å². The molecule has 0 spiro atoms. The van der Waals surface area contributed by atoms with Crippen LogP contribution in [0.5, 0.6) is 11.5 Å². The maximum absolute atomic E-state index is 12.5. The summed E-state index contributed by atoms with van der Waals surface area (Å²) in [5, 5.41) is 11.8. The molecule has 1 aromatic carbocycles. The van der Waals surface area contributed by atoms with Crippen molar-refractivity contribution in [2.45, 2.75) is 13.0 Å². The van der Waals surface area contributed by atoms with Crippen LogP contribution >= 0.6 is 23.6 Å². The van der Waals surface area contributed by atoms with Gasteiger partial charge in [-0.15, -0.1) is 11.3 Å². The maximum atomic E-state index is 12.5. The van der Waals surface area contributed by atoms with Gasteiger partial charge >= 0.3 is 0 Å². The van der Waals surface area contributed by atoms with E-state index in [0.717, 1.165) is 11.3 Å². The van der Waals surface area contributed by atoms with E-state index in [0.29, 0.717) is 41.0 Å². The zero-order valence-corrected chi connectivity index (χ0v) is 15.4. The molecule has 1 aliphatic heterocycles. The van der Waals surface area contributed by atoms with Crippen LogP contribution in [-0.2, 0) is 11.3 Å². The lowest BCUT2D eigenvalue weighted by Gasteiger charge is -2.11. The number of ether oxygens (including phenoxy) is 2. The Morgan fingerprint density at radius 3 is 2.96 bits per heavy atom. The summed E-state index contributed by atoms with van der Waals surface area (Å²) in [7, 11) is 0. The SMILES string of the molecule is O=C(Cn1c(-c2cccs2)n[nH]c1=S)Nc1ccc2c(c1)OCCCO2. The van der Waals surface area contributed by atoms with Crippen molar-refractivity contribution in [1.82, 2.24) is 14.8 Å². The van der Waals surface area contributed by atoms with Crippen LogP contribution in [0.4, 0.5) is 5.69 Å². The molecule has 9 heteroatoms. The van der Waals surface area contributed by atoms with Gasteiger partial charge in [-0.05, 0) is 35.8 Å². The van der Waals surface area contributed by atoms with Gasteiger partial charge in [0.1, 0.15) is 6.54 Å². The molecular weight excluding hydrogens is 372 g/mol. The fraction of sp³-hybridized carbons (Fsp3) is 0.235. The summed E-state index contributed by atoms with van der Waals surface area (Å²) in [5.41, 5.74) is 0.645. The molecule has 0 atom stereocenters.